The van der Waals surface area contributed by atoms with Crippen molar-refractivity contribution in [3.8, 4) is 5.75 Å². The molecule has 3 nitrogen and oxygen atoms in total. The fourth-order valence-electron chi connectivity index (χ4n) is 2.01. The lowest BCUT2D eigenvalue weighted by Crippen LogP contribution is -1.80. The molecule has 0 fully saturated rings. The predicted octanol–water partition coefficient (Wildman–Crippen LogP) is 3.74. The Labute approximate surface area is 111 Å². The number of aromatic nitrogens is 2. The number of hydrogen-bond donors (Lipinski definition) is 1. The first kappa shape index (κ1) is 11.5. The first-order valence-corrected chi connectivity index (χ1v) is 6.10. The van der Waals surface area contributed by atoms with Crippen LogP contribution in [-0.4, -0.2) is 17.1 Å². The third-order valence-electron chi connectivity index (χ3n) is 3.01. The monoisotopic (exact) mass is 250 g/mol. The molecule has 0 unspecified atom stereocenters. The first-order valence-electron chi connectivity index (χ1n) is 6.10. The van der Waals surface area contributed by atoms with E-state index in [4.69, 9.17) is 4.74 Å². The average Bonchev–Trinajstić information content (AvgIpc) is 2.88. The zero-order valence-corrected chi connectivity index (χ0v) is 10.6. The summed E-state index contributed by atoms with van der Waals surface area (Å²) in [5, 5.41) is 1.15. The second kappa shape index (κ2) is 4.98. The summed E-state index contributed by atoms with van der Waals surface area (Å²) in [4.78, 5) is 7.36. The Bertz CT molecular complexity index is 714. The predicted molar refractivity (Wildman–Crippen MR) is 78.0 cm³/mol. The van der Waals surface area contributed by atoms with Gasteiger partial charge in [0.2, 0.25) is 0 Å². The van der Waals surface area contributed by atoms with Gasteiger partial charge in [-0.15, -0.1) is 0 Å². The van der Waals surface area contributed by atoms with Crippen LogP contribution in [0.15, 0.2) is 48.8 Å². The van der Waals surface area contributed by atoms with Gasteiger partial charge in [0.15, 0.2) is 0 Å². The van der Waals surface area contributed by atoms with Gasteiger partial charge >= 0.3 is 0 Å². The lowest BCUT2D eigenvalue weighted by molar-refractivity contribution is 0.415. The van der Waals surface area contributed by atoms with Crippen LogP contribution in [0.5, 0.6) is 5.75 Å². The maximum absolute atomic E-state index is 5.22. The van der Waals surface area contributed by atoms with Gasteiger partial charge in [0.05, 0.1) is 7.11 Å². The molecule has 0 radical (unpaired) electrons. The van der Waals surface area contributed by atoms with Gasteiger partial charge in [-0.1, -0.05) is 6.08 Å². The van der Waals surface area contributed by atoms with E-state index in [1.54, 1.807) is 19.5 Å². The highest BCUT2D eigenvalue weighted by Gasteiger charge is 1.99. The van der Waals surface area contributed by atoms with Crippen molar-refractivity contribution in [2.24, 2.45) is 0 Å². The second-order valence-electron chi connectivity index (χ2n) is 4.29. The van der Waals surface area contributed by atoms with Crippen LogP contribution in [0, 0.1) is 0 Å². The number of methoxy groups -OCH3 is 1. The van der Waals surface area contributed by atoms with Crippen molar-refractivity contribution in [1.82, 2.24) is 9.97 Å². The van der Waals surface area contributed by atoms with Gasteiger partial charge in [0, 0.05) is 29.0 Å². The van der Waals surface area contributed by atoms with Crippen LogP contribution in [0.3, 0.4) is 0 Å². The molecular formula is C16H14N2O. The van der Waals surface area contributed by atoms with Gasteiger partial charge in [-0.05, 0) is 48.0 Å². The van der Waals surface area contributed by atoms with E-state index >= 15 is 0 Å². The minimum atomic E-state index is 0.871. The summed E-state index contributed by atoms with van der Waals surface area (Å²) < 4.78 is 5.22. The molecule has 0 aliphatic rings. The number of benzene rings is 1. The molecule has 0 atom stereocenters. The van der Waals surface area contributed by atoms with Gasteiger partial charge in [-0.2, -0.15) is 0 Å². The molecule has 0 aliphatic carbocycles. The Morgan fingerprint density at radius 1 is 1.05 bits per heavy atom. The van der Waals surface area contributed by atoms with E-state index in [-0.39, 0.29) is 0 Å². The fourth-order valence-corrected chi connectivity index (χ4v) is 2.01. The molecule has 0 saturated carbocycles. The lowest BCUT2D eigenvalue weighted by atomic mass is 10.2. The van der Waals surface area contributed by atoms with Crippen LogP contribution in [0.25, 0.3) is 23.1 Å². The number of pyridine rings is 1. The largest absolute Gasteiger partial charge is 0.497 e. The molecule has 94 valence electrons. The molecule has 19 heavy (non-hydrogen) atoms. The molecule has 3 aromatic rings. The number of rotatable bonds is 3. The maximum atomic E-state index is 5.22. The number of H-pyrrole nitrogens is 1. The molecule has 0 aliphatic heterocycles. The number of aromatic amines is 1. The maximum Gasteiger partial charge on any atom is 0.119 e. The van der Waals surface area contributed by atoms with Crippen molar-refractivity contribution in [3.63, 3.8) is 0 Å². The minimum Gasteiger partial charge on any atom is -0.497 e. The van der Waals surface area contributed by atoms with Crippen molar-refractivity contribution >= 4 is 23.1 Å². The first-order chi connectivity index (χ1) is 9.35. The molecule has 0 spiro atoms. The molecule has 0 bridgehead atoms. The molecule has 0 amide bonds. The quantitative estimate of drug-likeness (QED) is 0.769. The van der Waals surface area contributed by atoms with Crippen LogP contribution in [-0.2, 0) is 0 Å². The third-order valence-corrected chi connectivity index (χ3v) is 3.01. The molecule has 1 N–H and O–H groups in total. The third kappa shape index (κ3) is 2.50. The Balaban J connectivity index is 1.91. The van der Waals surface area contributed by atoms with E-state index in [0.717, 1.165) is 27.9 Å². The fraction of sp³-hybridized carbons (Fsp3) is 0.0625. The average molecular weight is 250 g/mol. The minimum absolute atomic E-state index is 0.871. The molecule has 3 rings (SSSR count). The summed E-state index contributed by atoms with van der Waals surface area (Å²) in [6, 6.07) is 12.1. The number of ether oxygens (including phenoxy) is 1. The van der Waals surface area contributed by atoms with Crippen molar-refractivity contribution in [2.45, 2.75) is 0 Å². The highest BCUT2D eigenvalue weighted by molar-refractivity contribution is 5.85. The van der Waals surface area contributed by atoms with Gasteiger partial charge in [-0.3, -0.25) is 4.98 Å². The topological polar surface area (TPSA) is 37.9 Å². The van der Waals surface area contributed by atoms with Crippen LogP contribution >= 0.6 is 0 Å². The van der Waals surface area contributed by atoms with Crippen LogP contribution in [0.1, 0.15) is 11.3 Å². The van der Waals surface area contributed by atoms with E-state index in [1.165, 1.54) is 0 Å². The van der Waals surface area contributed by atoms with Crippen molar-refractivity contribution in [1.29, 1.82) is 0 Å². The number of nitrogens with one attached hydrogen (secondary N) is 1. The summed E-state index contributed by atoms with van der Waals surface area (Å²) in [5.74, 6) is 0.871. The van der Waals surface area contributed by atoms with E-state index in [2.05, 4.69) is 28.2 Å². The summed E-state index contributed by atoms with van der Waals surface area (Å²) in [7, 11) is 1.68. The molecule has 0 saturated heterocycles. The van der Waals surface area contributed by atoms with E-state index < -0.39 is 0 Å². The molecule has 2 heterocycles. The second-order valence-corrected chi connectivity index (χ2v) is 4.29. The van der Waals surface area contributed by atoms with Gasteiger partial charge in [-0.25, -0.2) is 0 Å². The van der Waals surface area contributed by atoms with Gasteiger partial charge in [0.1, 0.15) is 5.75 Å². The Kier molecular flexibility index (Phi) is 3.02. The SMILES string of the molecule is COc1ccc2[nH]c(/C=C/c3ccncc3)cc2c1. The standard InChI is InChI=1S/C16H14N2O/c1-19-15-4-5-16-13(11-15)10-14(18-16)3-2-12-6-8-17-9-7-12/h2-11,18H,1H3/b3-2+. The highest BCUT2D eigenvalue weighted by atomic mass is 16.5. The molecule has 2 aromatic heterocycles. The summed E-state index contributed by atoms with van der Waals surface area (Å²) in [6.07, 6.45) is 7.69. The van der Waals surface area contributed by atoms with Crippen molar-refractivity contribution in [3.05, 3.63) is 60.0 Å². The lowest BCUT2D eigenvalue weighted by Gasteiger charge is -1.97. The van der Waals surface area contributed by atoms with Crippen LogP contribution < -0.4 is 4.74 Å². The van der Waals surface area contributed by atoms with Crippen molar-refractivity contribution in [2.75, 3.05) is 7.11 Å². The van der Waals surface area contributed by atoms with Crippen LogP contribution in [0.2, 0.25) is 0 Å². The Morgan fingerprint density at radius 3 is 2.68 bits per heavy atom. The highest BCUT2D eigenvalue weighted by Crippen LogP contribution is 2.22. The smallest absolute Gasteiger partial charge is 0.119 e. The van der Waals surface area contributed by atoms with Crippen molar-refractivity contribution < 1.29 is 4.74 Å². The Morgan fingerprint density at radius 2 is 1.89 bits per heavy atom. The van der Waals surface area contributed by atoms with E-state index in [0.29, 0.717) is 0 Å². The van der Waals surface area contributed by atoms with Gasteiger partial charge in [0.25, 0.3) is 0 Å². The van der Waals surface area contributed by atoms with Gasteiger partial charge < -0.3 is 9.72 Å². The Hall–Kier alpha value is -2.55. The number of nitrogens with zero attached hydrogens (tertiary/aromatic N) is 1. The molecule has 1 aromatic carbocycles. The zero-order valence-electron chi connectivity index (χ0n) is 10.6. The molecule has 3 heteroatoms. The van der Waals surface area contributed by atoms with E-state index in [1.807, 2.05) is 30.3 Å². The summed E-state index contributed by atoms with van der Waals surface area (Å²) >= 11 is 0. The number of fused-ring (bicyclic) bond motifs is 1. The number of hydrogen-bond acceptors (Lipinski definition) is 2. The summed E-state index contributed by atoms with van der Waals surface area (Å²) in [5.41, 5.74) is 3.31. The van der Waals surface area contributed by atoms with E-state index in [9.17, 15) is 0 Å². The van der Waals surface area contributed by atoms with Crippen LogP contribution in [0.4, 0.5) is 0 Å². The zero-order chi connectivity index (χ0) is 13.1. The summed E-state index contributed by atoms with van der Waals surface area (Å²) in [6.45, 7) is 0. The normalized spacial score (nSPS) is 11.2. The molecular weight excluding hydrogens is 236 g/mol.